The SMILES string of the molecule is O=C(c1cccc2c1OCO2)N1C[C@H](n2cccn2)Cc2ccccc21. The van der Waals surface area contributed by atoms with Crippen LogP contribution in [0.15, 0.2) is 60.9 Å². The highest BCUT2D eigenvalue weighted by Crippen LogP contribution is 2.38. The predicted molar refractivity (Wildman–Crippen MR) is 95.7 cm³/mol. The molecule has 2 aromatic carbocycles. The van der Waals surface area contributed by atoms with Crippen molar-refractivity contribution in [3.05, 3.63) is 72.1 Å². The second-order valence-corrected chi connectivity index (χ2v) is 6.43. The molecule has 6 nitrogen and oxygen atoms in total. The second-order valence-electron chi connectivity index (χ2n) is 6.43. The normalized spacial score (nSPS) is 17.8. The zero-order valence-corrected chi connectivity index (χ0v) is 14.0. The monoisotopic (exact) mass is 347 g/mol. The molecule has 0 unspecified atom stereocenters. The van der Waals surface area contributed by atoms with Gasteiger partial charge in [-0.1, -0.05) is 24.3 Å². The molecule has 6 heteroatoms. The largest absolute Gasteiger partial charge is 0.454 e. The van der Waals surface area contributed by atoms with Crippen molar-refractivity contribution >= 4 is 11.6 Å². The van der Waals surface area contributed by atoms with E-state index in [0.29, 0.717) is 23.6 Å². The molecule has 5 rings (SSSR count). The summed E-state index contributed by atoms with van der Waals surface area (Å²) >= 11 is 0. The van der Waals surface area contributed by atoms with E-state index in [0.717, 1.165) is 17.7 Å². The van der Waals surface area contributed by atoms with Gasteiger partial charge in [0.05, 0.1) is 11.6 Å². The Hall–Kier alpha value is -3.28. The van der Waals surface area contributed by atoms with Crippen LogP contribution in [0.5, 0.6) is 11.5 Å². The van der Waals surface area contributed by atoms with E-state index in [-0.39, 0.29) is 18.7 Å². The minimum atomic E-state index is -0.0864. The fraction of sp³-hybridized carbons (Fsp3) is 0.200. The summed E-state index contributed by atoms with van der Waals surface area (Å²) in [5, 5.41) is 4.37. The Morgan fingerprint density at radius 1 is 1.08 bits per heavy atom. The highest BCUT2D eigenvalue weighted by atomic mass is 16.7. The first-order valence-corrected chi connectivity index (χ1v) is 8.59. The van der Waals surface area contributed by atoms with Crippen LogP contribution in [0.2, 0.25) is 0 Å². The summed E-state index contributed by atoms with van der Waals surface area (Å²) in [6.07, 6.45) is 4.55. The summed E-state index contributed by atoms with van der Waals surface area (Å²) in [5.41, 5.74) is 2.60. The molecule has 1 atom stereocenters. The van der Waals surface area contributed by atoms with Crippen LogP contribution in [0.4, 0.5) is 5.69 Å². The zero-order chi connectivity index (χ0) is 17.5. The molecule has 1 aromatic heterocycles. The number of benzene rings is 2. The minimum absolute atomic E-state index is 0.0864. The van der Waals surface area contributed by atoms with Crippen molar-refractivity contribution in [2.75, 3.05) is 18.2 Å². The highest BCUT2D eigenvalue weighted by molar-refractivity contribution is 6.09. The van der Waals surface area contributed by atoms with Crippen LogP contribution in [0, 0.1) is 0 Å². The third-order valence-electron chi connectivity index (χ3n) is 4.90. The van der Waals surface area contributed by atoms with Crippen molar-refractivity contribution in [2.45, 2.75) is 12.5 Å². The van der Waals surface area contributed by atoms with Crippen molar-refractivity contribution in [1.29, 1.82) is 0 Å². The van der Waals surface area contributed by atoms with Gasteiger partial charge in [-0.15, -0.1) is 0 Å². The number of hydrogen-bond donors (Lipinski definition) is 0. The number of aromatic nitrogens is 2. The van der Waals surface area contributed by atoms with Crippen LogP contribution in [-0.4, -0.2) is 29.0 Å². The lowest BCUT2D eigenvalue weighted by Crippen LogP contribution is -2.41. The fourth-order valence-corrected chi connectivity index (χ4v) is 3.68. The molecule has 2 aliphatic rings. The highest BCUT2D eigenvalue weighted by Gasteiger charge is 2.32. The van der Waals surface area contributed by atoms with Gasteiger partial charge in [0.1, 0.15) is 0 Å². The molecule has 130 valence electrons. The number of carbonyl (C=O) groups excluding carboxylic acids is 1. The van der Waals surface area contributed by atoms with Crippen LogP contribution < -0.4 is 14.4 Å². The fourth-order valence-electron chi connectivity index (χ4n) is 3.68. The van der Waals surface area contributed by atoms with Gasteiger partial charge in [-0.25, -0.2) is 0 Å². The molecule has 0 aliphatic carbocycles. The van der Waals surface area contributed by atoms with Crippen LogP contribution in [0.25, 0.3) is 0 Å². The van der Waals surface area contributed by atoms with Gasteiger partial charge in [0.2, 0.25) is 6.79 Å². The van der Waals surface area contributed by atoms with Crippen LogP contribution in [0.3, 0.4) is 0 Å². The third kappa shape index (κ3) is 2.34. The minimum Gasteiger partial charge on any atom is -0.454 e. The van der Waals surface area contributed by atoms with Crippen LogP contribution in [0.1, 0.15) is 22.0 Å². The first kappa shape index (κ1) is 15.0. The van der Waals surface area contributed by atoms with Gasteiger partial charge < -0.3 is 14.4 Å². The van der Waals surface area contributed by atoms with E-state index in [9.17, 15) is 4.79 Å². The van der Waals surface area contributed by atoms with Crippen molar-refractivity contribution in [3.8, 4) is 11.5 Å². The quantitative estimate of drug-likeness (QED) is 0.715. The molecule has 0 saturated carbocycles. The summed E-state index contributed by atoms with van der Waals surface area (Å²) in [5.74, 6) is 1.05. The summed E-state index contributed by atoms with van der Waals surface area (Å²) in [6.45, 7) is 0.703. The van der Waals surface area contributed by atoms with E-state index in [4.69, 9.17) is 9.47 Å². The van der Waals surface area contributed by atoms with Gasteiger partial charge >= 0.3 is 0 Å². The van der Waals surface area contributed by atoms with Gasteiger partial charge in [0.25, 0.3) is 5.91 Å². The number of nitrogens with zero attached hydrogens (tertiary/aromatic N) is 3. The number of anilines is 1. The molecule has 0 saturated heterocycles. The lowest BCUT2D eigenvalue weighted by molar-refractivity contribution is 0.0975. The number of rotatable bonds is 2. The molecular formula is C20H17N3O3. The van der Waals surface area contributed by atoms with Crippen molar-refractivity contribution < 1.29 is 14.3 Å². The third-order valence-corrected chi connectivity index (χ3v) is 4.90. The predicted octanol–water partition coefficient (Wildman–Crippen LogP) is 3.06. The zero-order valence-electron chi connectivity index (χ0n) is 14.0. The van der Waals surface area contributed by atoms with E-state index in [1.54, 1.807) is 12.3 Å². The van der Waals surface area contributed by atoms with Gasteiger partial charge in [0.15, 0.2) is 11.5 Å². The first-order chi connectivity index (χ1) is 12.8. The van der Waals surface area contributed by atoms with E-state index in [1.165, 1.54) is 0 Å². The molecule has 0 spiro atoms. The number of fused-ring (bicyclic) bond motifs is 2. The lowest BCUT2D eigenvalue weighted by atomic mass is 9.97. The average molecular weight is 347 g/mol. The maximum atomic E-state index is 13.4. The Bertz CT molecular complexity index is 968. The standard InChI is InChI=1S/C20H17N3O3/c24-20(16-6-3-8-18-19(16)26-13-25-18)22-12-15(23-10-4-9-21-23)11-14-5-1-2-7-17(14)22/h1-10,15H,11-13H2/t15-/m1/s1. The maximum Gasteiger partial charge on any atom is 0.262 e. The summed E-state index contributed by atoms with van der Waals surface area (Å²) in [4.78, 5) is 15.2. The molecule has 0 bridgehead atoms. The van der Waals surface area contributed by atoms with E-state index in [2.05, 4.69) is 11.2 Å². The molecule has 0 radical (unpaired) electrons. The van der Waals surface area contributed by atoms with Crippen molar-refractivity contribution in [2.24, 2.45) is 0 Å². The van der Waals surface area contributed by atoms with E-state index in [1.807, 2.05) is 52.2 Å². The average Bonchev–Trinajstić information content (AvgIpc) is 3.38. The van der Waals surface area contributed by atoms with Gasteiger partial charge in [-0.3, -0.25) is 9.48 Å². The Balaban J connectivity index is 1.57. The number of carbonyl (C=O) groups is 1. The topological polar surface area (TPSA) is 56.6 Å². The van der Waals surface area contributed by atoms with Crippen molar-refractivity contribution in [1.82, 2.24) is 9.78 Å². The molecule has 2 aliphatic heterocycles. The molecule has 26 heavy (non-hydrogen) atoms. The number of amides is 1. The van der Waals surface area contributed by atoms with Crippen LogP contribution >= 0.6 is 0 Å². The van der Waals surface area contributed by atoms with E-state index >= 15 is 0 Å². The van der Waals surface area contributed by atoms with Crippen LogP contribution in [-0.2, 0) is 6.42 Å². The lowest BCUT2D eigenvalue weighted by Gasteiger charge is -2.35. The number of hydrogen-bond acceptors (Lipinski definition) is 4. The van der Waals surface area contributed by atoms with Gasteiger partial charge in [-0.05, 0) is 36.2 Å². The molecular weight excluding hydrogens is 330 g/mol. The first-order valence-electron chi connectivity index (χ1n) is 8.59. The molecule has 0 fully saturated rings. The molecule has 3 aromatic rings. The van der Waals surface area contributed by atoms with Gasteiger partial charge in [-0.2, -0.15) is 5.10 Å². The maximum absolute atomic E-state index is 13.4. The Kier molecular flexibility index (Phi) is 3.41. The number of ether oxygens (including phenoxy) is 2. The molecule has 0 N–H and O–H groups in total. The second kappa shape index (κ2) is 5.91. The molecule has 1 amide bonds. The Labute approximate surface area is 150 Å². The molecule has 3 heterocycles. The summed E-state index contributed by atoms with van der Waals surface area (Å²) in [7, 11) is 0. The Morgan fingerprint density at radius 3 is 2.88 bits per heavy atom. The van der Waals surface area contributed by atoms with Gasteiger partial charge in [0, 0.05) is 24.6 Å². The van der Waals surface area contributed by atoms with E-state index < -0.39 is 0 Å². The summed E-state index contributed by atoms with van der Waals surface area (Å²) < 4.78 is 12.9. The smallest absolute Gasteiger partial charge is 0.262 e. The summed E-state index contributed by atoms with van der Waals surface area (Å²) in [6, 6.07) is 15.5. The van der Waals surface area contributed by atoms with Crippen molar-refractivity contribution in [3.63, 3.8) is 0 Å². The Morgan fingerprint density at radius 2 is 2.00 bits per heavy atom. The number of para-hydroxylation sites is 2.